The molecule has 0 aliphatic carbocycles. The number of nitrogens with one attached hydrogen (secondary N) is 2. The zero-order valence-electron chi connectivity index (χ0n) is 10.9. The Morgan fingerprint density at radius 3 is 2.61 bits per heavy atom. The fourth-order valence-electron chi connectivity index (χ4n) is 1.11. The molecular formula is C10H19N5O2S. The van der Waals surface area contributed by atoms with Crippen LogP contribution in [-0.2, 0) is 10.8 Å². The fourth-order valence-corrected chi connectivity index (χ4v) is 1.50. The molecule has 8 heteroatoms. The van der Waals surface area contributed by atoms with Crippen molar-refractivity contribution in [3.63, 3.8) is 0 Å². The Kier molecular flexibility index (Phi) is 6.34. The average Bonchev–Trinajstić information content (AvgIpc) is 2.35. The highest BCUT2D eigenvalue weighted by atomic mass is 32.2. The van der Waals surface area contributed by atoms with Crippen LogP contribution >= 0.6 is 0 Å². The van der Waals surface area contributed by atoms with Crippen LogP contribution in [0.15, 0.2) is 0 Å². The van der Waals surface area contributed by atoms with Crippen molar-refractivity contribution in [1.82, 2.24) is 15.0 Å². The lowest BCUT2D eigenvalue weighted by Crippen LogP contribution is -2.14. The van der Waals surface area contributed by atoms with Gasteiger partial charge in [0, 0.05) is 36.4 Å². The Balaban J connectivity index is 2.67. The van der Waals surface area contributed by atoms with Crippen LogP contribution in [0, 0.1) is 0 Å². The van der Waals surface area contributed by atoms with Crippen molar-refractivity contribution in [2.75, 3.05) is 42.8 Å². The first kappa shape index (κ1) is 14.6. The Hall–Kier alpha value is -1.44. The largest absolute Gasteiger partial charge is 0.463 e. The molecule has 0 radical (unpaired) electrons. The molecule has 1 aromatic rings. The molecule has 0 fully saturated rings. The molecule has 0 aliphatic heterocycles. The van der Waals surface area contributed by atoms with Crippen LogP contribution in [0.5, 0.6) is 6.01 Å². The molecule has 1 heterocycles. The number of ether oxygens (including phenoxy) is 1. The van der Waals surface area contributed by atoms with Gasteiger partial charge in [-0.3, -0.25) is 4.21 Å². The van der Waals surface area contributed by atoms with Gasteiger partial charge in [-0.25, -0.2) is 0 Å². The van der Waals surface area contributed by atoms with Crippen molar-refractivity contribution >= 4 is 22.7 Å². The summed E-state index contributed by atoms with van der Waals surface area (Å²) >= 11 is 0. The van der Waals surface area contributed by atoms with Crippen molar-refractivity contribution in [1.29, 1.82) is 0 Å². The standard InChI is InChI=1S/C10H19N5O2S/c1-4-6-17-10-14-8(11-2)13-9(15-10)12-5-7-18(3)16/h4-7H2,1-3H3,(H2,11,12,13,14,15). The van der Waals surface area contributed by atoms with Gasteiger partial charge >= 0.3 is 6.01 Å². The summed E-state index contributed by atoms with van der Waals surface area (Å²) in [6.07, 6.45) is 2.54. The number of rotatable bonds is 8. The Labute approximate surface area is 109 Å². The molecule has 0 bridgehead atoms. The molecule has 1 aromatic heterocycles. The highest BCUT2D eigenvalue weighted by Gasteiger charge is 2.06. The second-order valence-corrected chi connectivity index (χ2v) is 5.12. The number of anilines is 2. The zero-order valence-corrected chi connectivity index (χ0v) is 11.7. The SMILES string of the molecule is CCCOc1nc(NC)nc(NCCS(C)=O)n1. The van der Waals surface area contributed by atoms with E-state index >= 15 is 0 Å². The van der Waals surface area contributed by atoms with Crippen LogP contribution in [0.4, 0.5) is 11.9 Å². The Morgan fingerprint density at radius 1 is 1.28 bits per heavy atom. The van der Waals surface area contributed by atoms with E-state index in [-0.39, 0.29) is 6.01 Å². The van der Waals surface area contributed by atoms with Crippen LogP contribution in [-0.4, -0.2) is 51.4 Å². The van der Waals surface area contributed by atoms with E-state index in [9.17, 15) is 4.21 Å². The third-order valence-corrected chi connectivity index (χ3v) is 2.73. The fraction of sp³-hybridized carbons (Fsp3) is 0.700. The highest BCUT2D eigenvalue weighted by molar-refractivity contribution is 7.84. The van der Waals surface area contributed by atoms with Gasteiger partial charge in [-0.15, -0.1) is 0 Å². The molecule has 1 atom stereocenters. The smallest absolute Gasteiger partial charge is 0.323 e. The molecule has 102 valence electrons. The predicted molar refractivity (Wildman–Crippen MR) is 72.6 cm³/mol. The van der Waals surface area contributed by atoms with Crippen LogP contribution < -0.4 is 15.4 Å². The predicted octanol–water partition coefficient (Wildman–Crippen LogP) is 0.492. The molecule has 0 saturated carbocycles. The van der Waals surface area contributed by atoms with Gasteiger partial charge in [-0.1, -0.05) is 6.92 Å². The molecule has 1 unspecified atom stereocenters. The van der Waals surface area contributed by atoms with Gasteiger partial charge in [0.15, 0.2) is 0 Å². The number of hydrogen-bond acceptors (Lipinski definition) is 7. The first-order valence-electron chi connectivity index (χ1n) is 5.76. The monoisotopic (exact) mass is 273 g/mol. The minimum Gasteiger partial charge on any atom is -0.463 e. The van der Waals surface area contributed by atoms with E-state index in [1.54, 1.807) is 13.3 Å². The summed E-state index contributed by atoms with van der Waals surface area (Å²) in [5.41, 5.74) is 0. The van der Waals surface area contributed by atoms with Crippen LogP contribution in [0.2, 0.25) is 0 Å². The van der Waals surface area contributed by atoms with Crippen molar-refractivity contribution in [2.24, 2.45) is 0 Å². The molecule has 18 heavy (non-hydrogen) atoms. The molecule has 0 spiro atoms. The maximum absolute atomic E-state index is 10.9. The number of aromatic nitrogens is 3. The lowest BCUT2D eigenvalue weighted by molar-refractivity contribution is 0.292. The third-order valence-electron chi connectivity index (χ3n) is 1.95. The maximum atomic E-state index is 10.9. The zero-order chi connectivity index (χ0) is 13.4. The summed E-state index contributed by atoms with van der Waals surface area (Å²) in [6.45, 7) is 3.12. The van der Waals surface area contributed by atoms with Gasteiger partial charge < -0.3 is 15.4 Å². The first-order chi connectivity index (χ1) is 8.65. The van der Waals surface area contributed by atoms with Gasteiger partial charge in [-0.05, 0) is 6.42 Å². The second kappa shape index (κ2) is 7.80. The van der Waals surface area contributed by atoms with E-state index in [4.69, 9.17) is 4.74 Å². The van der Waals surface area contributed by atoms with Crippen LogP contribution in [0.3, 0.4) is 0 Å². The van der Waals surface area contributed by atoms with Gasteiger partial charge in [0.05, 0.1) is 6.61 Å². The van der Waals surface area contributed by atoms with Crippen molar-refractivity contribution in [3.8, 4) is 6.01 Å². The lowest BCUT2D eigenvalue weighted by atomic mass is 10.5. The van der Waals surface area contributed by atoms with Crippen LogP contribution in [0.1, 0.15) is 13.3 Å². The number of hydrogen-bond donors (Lipinski definition) is 2. The molecule has 0 aliphatic rings. The molecule has 0 amide bonds. The van der Waals surface area contributed by atoms with E-state index in [0.717, 1.165) is 6.42 Å². The van der Waals surface area contributed by atoms with E-state index in [1.165, 1.54) is 0 Å². The topological polar surface area (TPSA) is 89.0 Å². The average molecular weight is 273 g/mol. The summed E-state index contributed by atoms with van der Waals surface area (Å²) in [7, 11) is 0.889. The van der Waals surface area contributed by atoms with Gasteiger partial charge in [0.1, 0.15) is 0 Å². The number of nitrogens with zero attached hydrogens (tertiary/aromatic N) is 3. The second-order valence-electron chi connectivity index (χ2n) is 3.57. The summed E-state index contributed by atoms with van der Waals surface area (Å²) in [5, 5.41) is 5.83. The molecule has 7 nitrogen and oxygen atoms in total. The van der Waals surface area contributed by atoms with E-state index < -0.39 is 10.8 Å². The molecule has 0 saturated heterocycles. The Bertz CT molecular complexity index is 402. The minimum absolute atomic E-state index is 0.288. The summed E-state index contributed by atoms with van der Waals surface area (Å²) in [4.78, 5) is 12.3. The van der Waals surface area contributed by atoms with Gasteiger partial charge in [0.25, 0.3) is 0 Å². The van der Waals surface area contributed by atoms with Gasteiger partial charge in [0.2, 0.25) is 11.9 Å². The Morgan fingerprint density at radius 2 is 2.00 bits per heavy atom. The quantitative estimate of drug-likeness (QED) is 0.712. The highest BCUT2D eigenvalue weighted by Crippen LogP contribution is 2.10. The third kappa shape index (κ3) is 5.26. The minimum atomic E-state index is -0.837. The summed E-state index contributed by atoms with van der Waals surface area (Å²) in [5.74, 6) is 1.41. The molecular weight excluding hydrogens is 254 g/mol. The van der Waals surface area contributed by atoms with Crippen molar-refractivity contribution < 1.29 is 8.95 Å². The lowest BCUT2D eigenvalue weighted by Gasteiger charge is -2.08. The van der Waals surface area contributed by atoms with E-state index in [1.807, 2.05) is 6.92 Å². The van der Waals surface area contributed by atoms with Crippen molar-refractivity contribution in [3.05, 3.63) is 0 Å². The van der Waals surface area contributed by atoms with Gasteiger partial charge in [-0.2, -0.15) is 15.0 Å². The summed E-state index contributed by atoms with van der Waals surface area (Å²) in [6, 6.07) is 0.288. The molecule has 2 N–H and O–H groups in total. The molecule has 1 rings (SSSR count). The normalized spacial score (nSPS) is 11.9. The molecule has 0 aromatic carbocycles. The first-order valence-corrected chi connectivity index (χ1v) is 7.49. The van der Waals surface area contributed by atoms with E-state index in [0.29, 0.717) is 30.8 Å². The maximum Gasteiger partial charge on any atom is 0.323 e. The van der Waals surface area contributed by atoms with Crippen molar-refractivity contribution in [2.45, 2.75) is 13.3 Å². The van der Waals surface area contributed by atoms with Crippen LogP contribution in [0.25, 0.3) is 0 Å². The summed E-state index contributed by atoms with van der Waals surface area (Å²) < 4.78 is 16.3. The van der Waals surface area contributed by atoms with E-state index in [2.05, 4.69) is 25.6 Å².